The van der Waals surface area contributed by atoms with Gasteiger partial charge in [-0.3, -0.25) is 0 Å². The Morgan fingerprint density at radius 3 is 2.83 bits per heavy atom. The van der Waals surface area contributed by atoms with Crippen molar-refractivity contribution in [2.24, 2.45) is 5.41 Å². The monoisotopic (exact) mass is 249 g/mol. The van der Waals surface area contributed by atoms with Gasteiger partial charge in [0.2, 0.25) is 0 Å². The summed E-state index contributed by atoms with van der Waals surface area (Å²) in [6.45, 7) is 4.50. The van der Waals surface area contributed by atoms with Crippen LogP contribution in [0.2, 0.25) is 0 Å². The number of nitrogens with two attached hydrogens (primary N) is 1. The Hall–Kier alpha value is -1.78. The quantitative estimate of drug-likeness (QED) is 0.765. The second-order valence-electron chi connectivity index (χ2n) is 5.72. The highest BCUT2D eigenvalue weighted by Gasteiger charge is 2.31. The predicted octanol–water partition coefficient (Wildman–Crippen LogP) is 2.35. The van der Waals surface area contributed by atoms with Crippen LogP contribution < -0.4 is 11.1 Å². The molecular formula is C13H19N3O2. The third-order valence-corrected chi connectivity index (χ3v) is 3.47. The van der Waals surface area contributed by atoms with Crippen LogP contribution in [0.1, 0.15) is 43.5 Å². The van der Waals surface area contributed by atoms with E-state index in [4.69, 9.17) is 10.8 Å². The summed E-state index contributed by atoms with van der Waals surface area (Å²) in [5.74, 6) is -0.426. The standard InChI is InChI=1S/C13H19N3O2/c1-13(2)4-3-9(6-13)16-11-10(14)5-8(7-15-11)12(17)18/h5,7,9H,3-4,6,14H2,1-2H3,(H,15,16)(H,17,18). The molecule has 1 unspecified atom stereocenters. The minimum atomic E-state index is -1.01. The molecule has 0 aliphatic heterocycles. The fourth-order valence-electron chi connectivity index (χ4n) is 2.47. The van der Waals surface area contributed by atoms with Crippen LogP contribution in [0.25, 0.3) is 0 Å². The molecule has 1 aromatic heterocycles. The van der Waals surface area contributed by atoms with Crippen molar-refractivity contribution in [2.45, 2.75) is 39.2 Å². The number of carbonyl (C=O) groups is 1. The number of nitrogens with zero attached hydrogens (tertiary/aromatic N) is 1. The maximum atomic E-state index is 10.8. The zero-order valence-corrected chi connectivity index (χ0v) is 10.7. The lowest BCUT2D eigenvalue weighted by molar-refractivity contribution is 0.0696. The van der Waals surface area contributed by atoms with Crippen LogP contribution in [-0.2, 0) is 0 Å². The van der Waals surface area contributed by atoms with Crippen molar-refractivity contribution >= 4 is 17.5 Å². The fourth-order valence-corrected chi connectivity index (χ4v) is 2.47. The molecule has 0 bridgehead atoms. The number of hydrogen-bond donors (Lipinski definition) is 3. The molecule has 1 atom stereocenters. The van der Waals surface area contributed by atoms with Crippen molar-refractivity contribution in [3.8, 4) is 0 Å². The minimum absolute atomic E-state index is 0.116. The lowest BCUT2D eigenvalue weighted by Gasteiger charge is -2.18. The van der Waals surface area contributed by atoms with Crippen molar-refractivity contribution in [1.82, 2.24) is 4.98 Å². The van der Waals surface area contributed by atoms with Crippen molar-refractivity contribution in [2.75, 3.05) is 11.1 Å². The molecule has 0 spiro atoms. The third kappa shape index (κ3) is 2.72. The molecule has 1 aliphatic rings. The molecule has 18 heavy (non-hydrogen) atoms. The van der Waals surface area contributed by atoms with E-state index >= 15 is 0 Å². The molecule has 0 radical (unpaired) electrons. The van der Waals surface area contributed by atoms with Crippen LogP contribution >= 0.6 is 0 Å². The number of hydrogen-bond acceptors (Lipinski definition) is 4. The van der Waals surface area contributed by atoms with E-state index < -0.39 is 5.97 Å². The fraction of sp³-hybridized carbons (Fsp3) is 0.538. The summed E-state index contributed by atoms with van der Waals surface area (Å²) in [5, 5.41) is 12.1. The first-order valence-electron chi connectivity index (χ1n) is 6.13. The van der Waals surface area contributed by atoms with Gasteiger partial charge in [-0.15, -0.1) is 0 Å². The molecule has 1 fully saturated rings. The summed E-state index contributed by atoms with van der Waals surface area (Å²) in [7, 11) is 0. The Morgan fingerprint density at radius 2 is 2.33 bits per heavy atom. The maximum absolute atomic E-state index is 10.8. The molecule has 1 aliphatic carbocycles. The summed E-state index contributed by atoms with van der Waals surface area (Å²) in [6.07, 6.45) is 4.68. The van der Waals surface area contributed by atoms with Crippen molar-refractivity contribution < 1.29 is 9.90 Å². The van der Waals surface area contributed by atoms with E-state index in [1.807, 2.05) is 0 Å². The maximum Gasteiger partial charge on any atom is 0.337 e. The highest BCUT2D eigenvalue weighted by Crippen LogP contribution is 2.38. The Morgan fingerprint density at radius 1 is 1.61 bits per heavy atom. The zero-order chi connectivity index (χ0) is 13.3. The van der Waals surface area contributed by atoms with E-state index in [0.29, 0.717) is 23.0 Å². The number of aromatic carboxylic acids is 1. The number of pyridine rings is 1. The van der Waals surface area contributed by atoms with Crippen LogP contribution in [0.4, 0.5) is 11.5 Å². The van der Waals surface area contributed by atoms with Gasteiger partial charge in [0.1, 0.15) is 5.82 Å². The molecule has 0 saturated heterocycles. The van der Waals surface area contributed by atoms with E-state index in [1.54, 1.807) is 0 Å². The van der Waals surface area contributed by atoms with E-state index in [9.17, 15) is 4.79 Å². The van der Waals surface area contributed by atoms with Crippen LogP contribution in [-0.4, -0.2) is 22.1 Å². The molecule has 98 valence electrons. The number of rotatable bonds is 3. The van der Waals surface area contributed by atoms with Gasteiger partial charge in [-0.1, -0.05) is 13.8 Å². The molecule has 0 amide bonds. The third-order valence-electron chi connectivity index (χ3n) is 3.47. The van der Waals surface area contributed by atoms with Gasteiger partial charge in [-0.25, -0.2) is 9.78 Å². The van der Waals surface area contributed by atoms with E-state index in [2.05, 4.69) is 24.1 Å². The number of aromatic nitrogens is 1. The number of nitrogens with one attached hydrogen (secondary N) is 1. The minimum Gasteiger partial charge on any atom is -0.478 e. The average molecular weight is 249 g/mol. The van der Waals surface area contributed by atoms with Gasteiger partial charge in [0.25, 0.3) is 0 Å². The SMILES string of the molecule is CC1(C)CCC(Nc2ncc(C(=O)O)cc2N)C1. The molecule has 4 N–H and O–H groups in total. The first kappa shape index (κ1) is 12.7. The van der Waals surface area contributed by atoms with Crippen molar-refractivity contribution in [3.63, 3.8) is 0 Å². The second-order valence-corrected chi connectivity index (χ2v) is 5.72. The lowest BCUT2D eigenvalue weighted by atomic mass is 9.92. The summed E-state index contributed by atoms with van der Waals surface area (Å²) in [6, 6.07) is 1.81. The summed E-state index contributed by atoms with van der Waals surface area (Å²) >= 11 is 0. The average Bonchev–Trinajstić information content (AvgIpc) is 2.61. The van der Waals surface area contributed by atoms with Crippen molar-refractivity contribution in [1.29, 1.82) is 0 Å². The zero-order valence-electron chi connectivity index (χ0n) is 10.7. The molecule has 1 heterocycles. The molecular weight excluding hydrogens is 230 g/mol. The van der Waals surface area contributed by atoms with Crippen LogP contribution in [0.3, 0.4) is 0 Å². The topological polar surface area (TPSA) is 88.2 Å². The van der Waals surface area contributed by atoms with E-state index in [1.165, 1.54) is 18.7 Å². The highest BCUT2D eigenvalue weighted by molar-refractivity contribution is 5.89. The largest absolute Gasteiger partial charge is 0.478 e. The first-order chi connectivity index (χ1) is 8.37. The number of carboxylic acid groups (broad SMARTS) is 1. The number of anilines is 2. The van der Waals surface area contributed by atoms with Gasteiger partial charge in [0, 0.05) is 12.2 Å². The molecule has 5 heteroatoms. The normalized spacial score (nSPS) is 21.8. The summed E-state index contributed by atoms with van der Waals surface area (Å²) in [5.41, 5.74) is 6.68. The second kappa shape index (κ2) is 4.48. The van der Waals surface area contributed by atoms with Crippen LogP contribution in [0.5, 0.6) is 0 Å². The van der Waals surface area contributed by atoms with Gasteiger partial charge >= 0.3 is 5.97 Å². The number of nitrogen functional groups attached to an aromatic ring is 1. The van der Waals surface area contributed by atoms with Gasteiger partial charge in [-0.2, -0.15) is 0 Å². The van der Waals surface area contributed by atoms with Gasteiger partial charge in [-0.05, 0) is 30.7 Å². The Labute approximate surface area is 106 Å². The summed E-state index contributed by atoms with van der Waals surface area (Å²) < 4.78 is 0. The highest BCUT2D eigenvalue weighted by atomic mass is 16.4. The molecule has 5 nitrogen and oxygen atoms in total. The van der Waals surface area contributed by atoms with Crippen molar-refractivity contribution in [3.05, 3.63) is 17.8 Å². The van der Waals surface area contributed by atoms with Crippen LogP contribution in [0, 0.1) is 5.41 Å². The summed E-state index contributed by atoms with van der Waals surface area (Å²) in [4.78, 5) is 14.9. The smallest absolute Gasteiger partial charge is 0.337 e. The Bertz CT molecular complexity index is 471. The number of carboxylic acids is 1. The first-order valence-corrected chi connectivity index (χ1v) is 6.13. The molecule has 2 rings (SSSR count). The van der Waals surface area contributed by atoms with Gasteiger partial charge in [0.15, 0.2) is 0 Å². The molecule has 1 saturated carbocycles. The van der Waals surface area contributed by atoms with E-state index in [0.717, 1.165) is 12.8 Å². The predicted molar refractivity (Wildman–Crippen MR) is 70.7 cm³/mol. The Balaban J connectivity index is 2.09. The Kier molecular flexibility index (Phi) is 3.15. The van der Waals surface area contributed by atoms with Gasteiger partial charge in [0.05, 0.1) is 11.3 Å². The van der Waals surface area contributed by atoms with Gasteiger partial charge < -0.3 is 16.2 Å². The molecule has 1 aromatic rings. The van der Waals surface area contributed by atoms with Crippen LogP contribution in [0.15, 0.2) is 12.3 Å². The van der Waals surface area contributed by atoms with E-state index in [-0.39, 0.29) is 5.56 Å². The lowest BCUT2D eigenvalue weighted by Crippen LogP contribution is -2.19. The molecule has 0 aromatic carbocycles.